The third kappa shape index (κ3) is 6.04. The van der Waals surface area contributed by atoms with E-state index in [9.17, 15) is 26.4 Å². The van der Waals surface area contributed by atoms with E-state index in [1.54, 1.807) is 23.1 Å². The summed E-state index contributed by atoms with van der Waals surface area (Å²) in [5, 5.41) is 1.10. The first-order valence-electron chi connectivity index (χ1n) is 13.8. The molecule has 17 heteroatoms. The van der Waals surface area contributed by atoms with Gasteiger partial charge in [0.25, 0.3) is 15.9 Å². The second-order valence-electron chi connectivity index (χ2n) is 10.8. The SMILES string of the molecule is CS(=O)(=O)N1CCc2nc(C(=O)N3CCN(S(=O)(=O)c4cc5cc(Cl)ccc5[nH]4)CC3CC(=O)N3CCOCC3)oc2C1. The van der Waals surface area contributed by atoms with Crippen LogP contribution in [0.1, 0.15) is 28.6 Å². The number of sulfonamides is 2. The van der Waals surface area contributed by atoms with Gasteiger partial charge in [0.2, 0.25) is 15.9 Å². The maximum Gasteiger partial charge on any atom is 0.310 e. The first-order valence-corrected chi connectivity index (χ1v) is 17.5. The van der Waals surface area contributed by atoms with E-state index < -0.39 is 32.0 Å². The Morgan fingerprint density at radius 1 is 1.05 bits per heavy atom. The highest BCUT2D eigenvalue weighted by atomic mass is 35.5. The molecule has 3 aliphatic heterocycles. The van der Waals surface area contributed by atoms with E-state index in [0.717, 1.165) is 6.26 Å². The maximum absolute atomic E-state index is 13.7. The highest BCUT2D eigenvalue weighted by Gasteiger charge is 2.41. The average molecular weight is 655 g/mol. The Kier molecular flexibility index (Phi) is 8.02. The number of rotatable bonds is 6. The molecule has 3 aliphatic rings. The summed E-state index contributed by atoms with van der Waals surface area (Å²) in [6, 6.07) is 5.73. The van der Waals surface area contributed by atoms with Crippen LogP contribution in [-0.4, -0.2) is 122 Å². The summed E-state index contributed by atoms with van der Waals surface area (Å²) in [6.45, 7) is 1.65. The van der Waals surface area contributed by atoms with E-state index >= 15 is 0 Å². The van der Waals surface area contributed by atoms with Crippen LogP contribution in [0.2, 0.25) is 5.02 Å². The number of hydrogen-bond acceptors (Lipinski definition) is 9. The number of H-pyrrole nitrogens is 1. The van der Waals surface area contributed by atoms with Crippen LogP contribution in [0.25, 0.3) is 10.9 Å². The van der Waals surface area contributed by atoms with E-state index in [-0.39, 0.29) is 56.0 Å². The van der Waals surface area contributed by atoms with Crippen molar-refractivity contribution in [1.82, 2.24) is 28.4 Å². The Bertz CT molecular complexity index is 1780. The molecule has 1 atom stereocenters. The number of aromatic nitrogens is 2. The van der Waals surface area contributed by atoms with Gasteiger partial charge in [-0.15, -0.1) is 0 Å². The molecule has 1 aromatic carbocycles. The summed E-state index contributed by atoms with van der Waals surface area (Å²) in [6.07, 6.45) is 1.29. The van der Waals surface area contributed by atoms with Gasteiger partial charge in [0.1, 0.15) is 10.8 Å². The molecule has 2 saturated heterocycles. The maximum atomic E-state index is 13.7. The van der Waals surface area contributed by atoms with Gasteiger partial charge in [0, 0.05) is 68.0 Å². The van der Waals surface area contributed by atoms with E-state index in [1.807, 2.05) is 0 Å². The number of benzene rings is 1. The van der Waals surface area contributed by atoms with Crippen LogP contribution in [0, 0.1) is 0 Å². The van der Waals surface area contributed by atoms with Crippen LogP contribution in [-0.2, 0) is 42.5 Å². The number of aromatic amines is 1. The number of hydrogen-bond donors (Lipinski definition) is 1. The number of nitrogens with one attached hydrogen (secondary N) is 1. The highest BCUT2D eigenvalue weighted by Crippen LogP contribution is 2.28. The summed E-state index contributed by atoms with van der Waals surface area (Å²) < 4.78 is 65.1. The molecule has 0 radical (unpaired) electrons. The van der Waals surface area contributed by atoms with Gasteiger partial charge in [-0.3, -0.25) is 9.59 Å². The van der Waals surface area contributed by atoms with Crippen molar-refractivity contribution in [2.75, 3.05) is 58.7 Å². The molecule has 0 saturated carbocycles. The Labute approximate surface area is 253 Å². The normalized spacial score (nSPS) is 20.8. The first kappa shape index (κ1) is 30.0. The van der Waals surface area contributed by atoms with Crippen LogP contribution in [0.3, 0.4) is 0 Å². The molecular formula is C26H31ClN6O8S2. The highest BCUT2D eigenvalue weighted by molar-refractivity contribution is 7.89. The Morgan fingerprint density at radius 2 is 1.81 bits per heavy atom. The lowest BCUT2D eigenvalue weighted by Crippen LogP contribution is -2.58. The quantitative estimate of drug-likeness (QED) is 0.406. The molecule has 1 N–H and O–H groups in total. The minimum atomic E-state index is -4.02. The molecule has 3 aromatic rings. The van der Waals surface area contributed by atoms with Gasteiger partial charge in [-0.1, -0.05) is 11.6 Å². The molecule has 232 valence electrons. The Morgan fingerprint density at radius 3 is 2.56 bits per heavy atom. The lowest BCUT2D eigenvalue weighted by molar-refractivity contribution is -0.136. The smallest absolute Gasteiger partial charge is 0.310 e. The molecule has 1 unspecified atom stereocenters. The fourth-order valence-corrected chi connectivity index (χ4v) is 8.09. The number of oxazole rings is 1. The van der Waals surface area contributed by atoms with Crippen LogP contribution in [0.15, 0.2) is 33.7 Å². The van der Waals surface area contributed by atoms with Gasteiger partial charge in [-0.2, -0.15) is 8.61 Å². The summed E-state index contributed by atoms with van der Waals surface area (Å²) in [4.78, 5) is 37.4. The number of fused-ring (bicyclic) bond motifs is 2. The van der Waals surface area contributed by atoms with Crippen molar-refractivity contribution in [2.45, 2.75) is 30.5 Å². The Hall–Kier alpha value is -3.02. The third-order valence-corrected chi connectivity index (χ3v) is 11.3. The summed E-state index contributed by atoms with van der Waals surface area (Å²) in [7, 11) is -7.48. The first-order chi connectivity index (χ1) is 20.4. The van der Waals surface area contributed by atoms with Gasteiger partial charge < -0.3 is 23.9 Å². The topological polar surface area (TPSA) is 166 Å². The number of nitrogens with zero attached hydrogens (tertiary/aromatic N) is 5. The number of amides is 2. The van der Waals surface area contributed by atoms with Crippen molar-refractivity contribution in [1.29, 1.82) is 0 Å². The van der Waals surface area contributed by atoms with Crippen LogP contribution in [0.5, 0.6) is 0 Å². The van der Waals surface area contributed by atoms with Crippen molar-refractivity contribution in [2.24, 2.45) is 0 Å². The van der Waals surface area contributed by atoms with E-state index in [0.29, 0.717) is 60.1 Å². The minimum absolute atomic E-state index is 0.00626. The monoisotopic (exact) mass is 654 g/mol. The molecule has 2 fully saturated rings. The van der Waals surface area contributed by atoms with Gasteiger partial charge in [0.15, 0.2) is 0 Å². The van der Waals surface area contributed by atoms with Gasteiger partial charge in [0.05, 0.1) is 37.8 Å². The number of morpholine rings is 1. The zero-order chi connectivity index (χ0) is 30.5. The van der Waals surface area contributed by atoms with Gasteiger partial charge in [-0.25, -0.2) is 21.8 Å². The fourth-order valence-electron chi connectivity index (χ4n) is 5.65. The number of carbonyl (C=O) groups is 2. The van der Waals surface area contributed by atoms with Crippen molar-refractivity contribution in [3.8, 4) is 0 Å². The van der Waals surface area contributed by atoms with E-state index in [2.05, 4.69) is 9.97 Å². The minimum Gasteiger partial charge on any atom is -0.436 e. The second-order valence-corrected chi connectivity index (χ2v) is 15.1. The molecule has 43 heavy (non-hydrogen) atoms. The molecule has 5 heterocycles. The zero-order valence-electron chi connectivity index (χ0n) is 23.4. The largest absolute Gasteiger partial charge is 0.436 e. The molecule has 14 nitrogen and oxygen atoms in total. The van der Waals surface area contributed by atoms with E-state index in [1.165, 1.54) is 19.6 Å². The summed E-state index contributed by atoms with van der Waals surface area (Å²) >= 11 is 6.08. The number of ether oxygens (including phenoxy) is 1. The molecule has 2 aromatic heterocycles. The lowest BCUT2D eigenvalue weighted by atomic mass is 10.1. The zero-order valence-corrected chi connectivity index (χ0v) is 25.8. The van der Waals surface area contributed by atoms with Crippen molar-refractivity contribution < 1.29 is 35.6 Å². The number of carbonyl (C=O) groups excluding carboxylic acids is 2. The fraction of sp³-hybridized carbons (Fsp3) is 0.500. The molecule has 6 rings (SSSR count). The summed E-state index contributed by atoms with van der Waals surface area (Å²) in [5.74, 6) is -0.729. The third-order valence-electron chi connectivity index (χ3n) is 8.00. The predicted octanol–water partition coefficient (Wildman–Crippen LogP) is 0.891. The van der Waals surface area contributed by atoms with Crippen molar-refractivity contribution in [3.63, 3.8) is 0 Å². The molecule has 0 bridgehead atoms. The van der Waals surface area contributed by atoms with Gasteiger partial charge >= 0.3 is 5.91 Å². The van der Waals surface area contributed by atoms with Crippen molar-refractivity contribution in [3.05, 3.63) is 46.6 Å². The van der Waals surface area contributed by atoms with Crippen molar-refractivity contribution >= 4 is 54.4 Å². The molecule has 2 amide bonds. The van der Waals surface area contributed by atoms with Crippen LogP contribution < -0.4 is 0 Å². The number of piperazine rings is 1. The standard InChI is InChI=1S/C26H31ClN6O8S2/c1-42(36,37)31-5-4-21-22(16-31)41-25(29-21)26(35)33-7-6-32(15-19(33)14-24(34)30-8-10-40-11-9-30)43(38,39)23-13-17-12-18(27)2-3-20(17)28-23/h2-3,12-13,19,28H,4-11,14-16H2,1H3. The molecule has 0 spiro atoms. The lowest BCUT2D eigenvalue weighted by Gasteiger charge is -2.40. The predicted molar refractivity (Wildman–Crippen MR) is 154 cm³/mol. The second kappa shape index (κ2) is 11.5. The van der Waals surface area contributed by atoms with E-state index in [4.69, 9.17) is 20.8 Å². The molecule has 0 aliphatic carbocycles. The van der Waals surface area contributed by atoms with Crippen LogP contribution >= 0.6 is 11.6 Å². The average Bonchev–Trinajstić information content (AvgIpc) is 3.61. The summed E-state index contributed by atoms with van der Waals surface area (Å²) in [5.41, 5.74) is 1.11. The molecular weight excluding hydrogens is 624 g/mol. The number of halogens is 1. The van der Waals surface area contributed by atoms with Gasteiger partial charge in [-0.05, 0) is 24.3 Å². The van der Waals surface area contributed by atoms with Crippen LogP contribution in [0.4, 0.5) is 0 Å². The Balaban J connectivity index is 1.26.